The van der Waals surface area contributed by atoms with Crippen molar-refractivity contribution in [3.63, 3.8) is 0 Å². The first-order valence-electron chi connectivity index (χ1n) is 6.36. The van der Waals surface area contributed by atoms with Gasteiger partial charge in [-0.15, -0.1) is 0 Å². The highest BCUT2D eigenvalue weighted by Gasteiger charge is 2.20. The van der Waals surface area contributed by atoms with E-state index in [2.05, 4.69) is 20.2 Å². The fourth-order valence-corrected chi connectivity index (χ4v) is 2.99. The van der Waals surface area contributed by atoms with Gasteiger partial charge < -0.3 is 10.1 Å². The second kappa shape index (κ2) is 6.70. The van der Waals surface area contributed by atoms with Crippen molar-refractivity contribution < 1.29 is 13.2 Å². The number of hydrogen-bond acceptors (Lipinski definition) is 5. The highest BCUT2D eigenvalue weighted by Crippen LogP contribution is 2.14. The number of aromatic nitrogens is 2. The van der Waals surface area contributed by atoms with Crippen LogP contribution in [0.2, 0.25) is 0 Å². The largest absolute Gasteiger partial charge is 0.497 e. The van der Waals surface area contributed by atoms with Crippen LogP contribution in [0.4, 0.5) is 0 Å². The molecule has 2 aromatic rings. The summed E-state index contributed by atoms with van der Waals surface area (Å²) >= 11 is 0. The molecule has 1 heterocycles. The summed E-state index contributed by atoms with van der Waals surface area (Å²) in [4.78, 5) is 0. The van der Waals surface area contributed by atoms with Gasteiger partial charge in [-0.05, 0) is 24.7 Å². The lowest BCUT2D eigenvalue weighted by Gasteiger charge is -2.07. The van der Waals surface area contributed by atoms with E-state index in [0.717, 1.165) is 11.3 Å². The van der Waals surface area contributed by atoms with Crippen LogP contribution in [0.15, 0.2) is 35.5 Å². The number of H-pyrrole nitrogens is 1. The van der Waals surface area contributed by atoms with Crippen LogP contribution in [0, 0.1) is 0 Å². The molecular weight excluding hydrogens is 292 g/mol. The predicted molar refractivity (Wildman–Crippen MR) is 78.4 cm³/mol. The monoisotopic (exact) mass is 310 g/mol. The van der Waals surface area contributed by atoms with Crippen molar-refractivity contribution in [2.75, 3.05) is 14.2 Å². The third kappa shape index (κ3) is 3.81. The third-order valence-corrected chi connectivity index (χ3v) is 4.35. The molecule has 0 bridgehead atoms. The smallest absolute Gasteiger partial charge is 0.258 e. The Bertz CT molecular complexity index is 680. The molecule has 0 unspecified atom stereocenters. The van der Waals surface area contributed by atoms with Gasteiger partial charge in [-0.3, -0.25) is 5.10 Å². The second-order valence-corrected chi connectivity index (χ2v) is 6.13. The summed E-state index contributed by atoms with van der Waals surface area (Å²) in [5, 5.41) is 9.30. The Balaban J connectivity index is 2.08. The molecule has 114 valence electrons. The molecule has 0 spiro atoms. The first kappa shape index (κ1) is 15.5. The maximum atomic E-state index is 12.3. The normalized spacial score (nSPS) is 11.5. The Hall–Kier alpha value is -1.90. The van der Waals surface area contributed by atoms with Gasteiger partial charge in [0.05, 0.1) is 13.3 Å². The van der Waals surface area contributed by atoms with E-state index in [1.807, 2.05) is 12.1 Å². The Morgan fingerprint density at radius 1 is 1.24 bits per heavy atom. The van der Waals surface area contributed by atoms with E-state index >= 15 is 0 Å². The molecule has 0 aliphatic carbocycles. The maximum Gasteiger partial charge on any atom is 0.258 e. The first-order valence-corrected chi connectivity index (χ1v) is 7.84. The second-order valence-electron chi connectivity index (χ2n) is 4.43. The molecular formula is C13H18N4O3S. The Kier molecular flexibility index (Phi) is 4.94. The predicted octanol–water partition coefficient (Wildman–Crippen LogP) is 0.616. The zero-order chi connectivity index (χ0) is 15.3. The quantitative estimate of drug-likeness (QED) is 0.696. The molecule has 21 heavy (non-hydrogen) atoms. The highest BCUT2D eigenvalue weighted by molar-refractivity contribution is 7.89. The van der Waals surface area contributed by atoms with Crippen molar-refractivity contribution in [2.24, 2.45) is 0 Å². The van der Waals surface area contributed by atoms with Gasteiger partial charge in [-0.1, -0.05) is 12.1 Å². The van der Waals surface area contributed by atoms with Crippen LogP contribution in [0.25, 0.3) is 0 Å². The van der Waals surface area contributed by atoms with E-state index in [0.29, 0.717) is 12.1 Å². The number of nitrogens with one attached hydrogen (secondary N) is 3. The van der Waals surface area contributed by atoms with Gasteiger partial charge in [0, 0.05) is 18.7 Å². The summed E-state index contributed by atoms with van der Waals surface area (Å²) in [5.74, 6) is 0.728. The van der Waals surface area contributed by atoms with Crippen LogP contribution in [-0.2, 0) is 23.1 Å². The van der Waals surface area contributed by atoms with Crippen LogP contribution in [0.3, 0.4) is 0 Å². The van der Waals surface area contributed by atoms with Crippen molar-refractivity contribution in [3.05, 3.63) is 41.6 Å². The van der Waals surface area contributed by atoms with Gasteiger partial charge in [-0.25, -0.2) is 13.1 Å². The SMILES string of the molecule is CNCc1cn[nH]c1S(=O)(=O)NCc1ccc(OC)cc1. The van der Waals surface area contributed by atoms with Gasteiger partial charge in [0.1, 0.15) is 5.75 Å². The number of aromatic amines is 1. The molecule has 3 N–H and O–H groups in total. The molecule has 0 aliphatic rings. The van der Waals surface area contributed by atoms with Crippen LogP contribution in [0.5, 0.6) is 5.75 Å². The van der Waals surface area contributed by atoms with Gasteiger partial charge in [0.25, 0.3) is 10.0 Å². The summed E-state index contributed by atoms with van der Waals surface area (Å²) < 4.78 is 32.1. The minimum atomic E-state index is -3.62. The molecule has 0 saturated heterocycles. The Morgan fingerprint density at radius 2 is 1.95 bits per heavy atom. The van der Waals surface area contributed by atoms with Gasteiger partial charge >= 0.3 is 0 Å². The van der Waals surface area contributed by atoms with Crippen LogP contribution >= 0.6 is 0 Å². The number of nitrogens with zero attached hydrogens (tertiary/aromatic N) is 1. The van der Waals surface area contributed by atoms with Crippen LogP contribution in [-0.4, -0.2) is 32.8 Å². The zero-order valence-electron chi connectivity index (χ0n) is 11.9. The summed E-state index contributed by atoms with van der Waals surface area (Å²) in [7, 11) is -0.296. The van der Waals surface area contributed by atoms with Crippen LogP contribution < -0.4 is 14.8 Å². The fraction of sp³-hybridized carbons (Fsp3) is 0.308. The molecule has 1 aromatic carbocycles. The summed E-state index contributed by atoms with van der Waals surface area (Å²) in [5.41, 5.74) is 1.44. The van der Waals surface area contributed by atoms with Crippen molar-refractivity contribution >= 4 is 10.0 Å². The summed E-state index contributed by atoms with van der Waals surface area (Å²) in [6.45, 7) is 0.625. The van der Waals surface area contributed by atoms with E-state index in [1.165, 1.54) is 6.20 Å². The molecule has 0 radical (unpaired) electrons. The van der Waals surface area contributed by atoms with E-state index < -0.39 is 10.0 Å². The molecule has 1 aromatic heterocycles. The van der Waals surface area contributed by atoms with E-state index in [1.54, 1.807) is 26.3 Å². The average Bonchev–Trinajstić information content (AvgIpc) is 2.95. The molecule has 0 aliphatic heterocycles. The minimum Gasteiger partial charge on any atom is -0.497 e. The zero-order valence-corrected chi connectivity index (χ0v) is 12.7. The molecule has 0 fully saturated rings. The lowest BCUT2D eigenvalue weighted by atomic mass is 10.2. The topological polar surface area (TPSA) is 96.1 Å². The summed E-state index contributed by atoms with van der Waals surface area (Å²) in [6.07, 6.45) is 1.50. The molecule has 8 heteroatoms. The highest BCUT2D eigenvalue weighted by atomic mass is 32.2. The number of methoxy groups -OCH3 is 1. The fourth-order valence-electron chi connectivity index (χ4n) is 1.84. The van der Waals surface area contributed by atoms with Gasteiger partial charge in [0.15, 0.2) is 5.03 Å². The minimum absolute atomic E-state index is 0.0883. The van der Waals surface area contributed by atoms with Crippen molar-refractivity contribution in [1.82, 2.24) is 20.2 Å². The molecule has 0 amide bonds. The van der Waals surface area contributed by atoms with Crippen molar-refractivity contribution in [3.8, 4) is 5.75 Å². The standard InChI is InChI=1S/C13H18N4O3S/c1-14-8-11-9-15-17-13(11)21(18,19)16-7-10-3-5-12(20-2)6-4-10/h3-6,9,14,16H,7-8H2,1-2H3,(H,15,17). The van der Waals surface area contributed by atoms with E-state index in [9.17, 15) is 8.42 Å². The van der Waals surface area contributed by atoms with E-state index in [-0.39, 0.29) is 11.6 Å². The van der Waals surface area contributed by atoms with E-state index in [4.69, 9.17) is 4.74 Å². The summed E-state index contributed by atoms with van der Waals surface area (Å²) in [6, 6.07) is 7.18. The lowest BCUT2D eigenvalue weighted by molar-refractivity contribution is 0.414. The molecule has 0 saturated carbocycles. The number of hydrogen-bond donors (Lipinski definition) is 3. The molecule has 2 rings (SSSR count). The Labute approximate surface area is 123 Å². The molecule has 7 nitrogen and oxygen atoms in total. The first-order chi connectivity index (χ1) is 10.1. The van der Waals surface area contributed by atoms with Crippen molar-refractivity contribution in [2.45, 2.75) is 18.1 Å². The molecule has 0 atom stereocenters. The van der Waals surface area contributed by atoms with Crippen LogP contribution in [0.1, 0.15) is 11.1 Å². The number of rotatable bonds is 7. The van der Waals surface area contributed by atoms with Gasteiger partial charge in [-0.2, -0.15) is 5.10 Å². The number of sulfonamides is 1. The number of benzene rings is 1. The Morgan fingerprint density at radius 3 is 2.57 bits per heavy atom. The lowest BCUT2D eigenvalue weighted by Crippen LogP contribution is -2.25. The average molecular weight is 310 g/mol. The third-order valence-electron chi connectivity index (χ3n) is 2.94. The maximum absolute atomic E-state index is 12.3. The van der Waals surface area contributed by atoms with Gasteiger partial charge in [0.2, 0.25) is 0 Å². The number of ether oxygens (including phenoxy) is 1. The van der Waals surface area contributed by atoms with Crippen molar-refractivity contribution in [1.29, 1.82) is 0 Å².